The normalized spacial score (nSPS) is 4.40. The summed E-state index contributed by atoms with van der Waals surface area (Å²) in [5.74, 6) is 0. The molecule has 0 bridgehead atoms. The average Bonchev–Trinajstić information content (AvgIpc) is 1.41. The van der Waals surface area contributed by atoms with Crippen LogP contribution in [0.2, 0.25) is 0 Å². The average molecular weight is 261 g/mol. The first kappa shape index (κ1) is 4.86. The van der Waals surface area contributed by atoms with Gasteiger partial charge in [0.15, 0.2) is 0 Å². The molecule has 0 saturated carbocycles. The van der Waals surface area contributed by atoms with Crippen LogP contribution in [0.3, 0.4) is 0 Å². The SMILES string of the molecule is N#[C][Bi][C]#N. The molecule has 0 fully saturated rings. The first-order chi connectivity index (χ1) is 2.41. The second-order valence-corrected chi connectivity index (χ2v) is 2.74. The second kappa shape index (κ2) is 3.86. The maximum atomic E-state index is 7.67. The quantitative estimate of drug-likeness (QED) is 0.560. The van der Waals surface area contributed by atoms with Crippen LogP contribution in [0.4, 0.5) is 0 Å². The molecule has 0 spiro atoms. The summed E-state index contributed by atoms with van der Waals surface area (Å²) in [4.78, 5) is 0. The van der Waals surface area contributed by atoms with Gasteiger partial charge in [0.2, 0.25) is 0 Å². The zero-order valence-corrected chi connectivity index (χ0v) is 5.82. The summed E-state index contributed by atoms with van der Waals surface area (Å²) < 4.78 is 3.67. The molecule has 0 aliphatic carbocycles. The van der Waals surface area contributed by atoms with Crippen molar-refractivity contribution in [2.45, 2.75) is 0 Å². The van der Waals surface area contributed by atoms with Crippen molar-refractivity contribution in [3.05, 3.63) is 0 Å². The zero-order valence-electron chi connectivity index (χ0n) is 2.34. The molecule has 0 saturated heterocycles. The molecule has 0 aliphatic rings. The van der Waals surface area contributed by atoms with Crippen LogP contribution in [0.25, 0.3) is 0 Å². The van der Waals surface area contributed by atoms with Crippen molar-refractivity contribution < 1.29 is 0 Å². The van der Waals surface area contributed by atoms with Gasteiger partial charge in [0.05, 0.1) is 0 Å². The molecule has 23 valence electrons. The fourth-order valence-electron chi connectivity index (χ4n) is 0.0224. The monoisotopic (exact) mass is 261 g/mol. The summed E-state index contributed by atoms with van der Waals surface area (Å²) in [7, 11) is 0. The molecular weight excluding hydrogens is 261 g/mol. The van der Waals surface area contributed by atoms with Crippen molar-refractivity contribution in [3.8, 4) is 7.55 Å². The fourth-order valence-corrected chi connectivity index (χ4v) is 0.196. The Balaban J connectivity index is 2.86. The van der Waals surface area contributed by atoms with Crippen molar-refractivity contribution in [2.75, 3.05) is 0 Å². The molecule has 0 aromatic carbocycles. The van der Waals surface area contributed by atoms with Gasteiger partial charge in [-0.3, -0.25) is 0 Å². The van der Waals surface area contributed by atoms with E-state index in [1.807, 2.05) is 7.55 Å². The van der Waals surface area contributed by atoms with Crippen LogP contribution in [0, 0.1) is 18.1 Å². The molecule has 0 rings (SSSR count). The molecule has 1 radical (unpaired) electrons. The Morgan fingerprint density at radius 1 is 1.20 bits per heavy atom. The van der Waals surface area contributed by atoms with Crippen molar-refractivity contribution >= 4 is 23.2 Å². The van der Waals surface area contributed by atoms with E-state index in [1.54, 1.807) is 0 Å². The first-order valence-electron chi connectivity index (χ1n) is 0.894. The Bertz CT molecular complexity index is 72.8. The van der Waals surface area contributed by atoms with Crippen LogP contribution in [0.1, 0.15) is 0 Å². The van der Waals surface area contributed by atoms with Gasteiger partial charge in [-0.15, -0.1) is 0 Å². The van der Waals surface area contributed by atoms with E-state index in [-0.39, 0.29) is 0 Å². The standard InChI is InChI=1S/2CN.Bi/c2*1-2;. The number of rotatable bonds is 0. The molecule has 0 unspecified atom stereocenters. The molecule has 3 heteroatoms. The number of hydrogen-bond acceptors (Lipinski definition) is 2. The minimum absolute atomic E-state index is 1.24. The van der Waals surface area contributed by atoms with E-state index < -0.39 is 23.2 Å². The third-order valence-corrected chi connectivity index (χ3v) is 0.877. The molecular formula is C2BiN2. The van der Waals surface area contributed by atoms with Crippen molar-refractivity contribution in [1.82, 2.24) is 0 Å². The predicted octanol–water partition coefficient (Wildman–Crippen LogP) is -0.347. The van der Waals surface area contributed by atoms with E-state index in [1.165, 1.54) is 0 Å². The third kappa shape index (κ3) is 3.86. The van der Waals surface area contributed by atoms with Crippen molar-refractivity contribution in [2.24, 2.45) is 0 Å². The molecule has 0 amide bonds. The van der Waals surface area contributed by atoms with E-state index in [9.17, 15) is 0 Å². The summed E-state index contributed by atoms with van der Waals surface area (Å²) in [6.45, 7) is 0. The third-order valence-electron chi connectivity index (χ3n) is 0.100. The van der Waals surface area contributed by atoms with E-state index in [4.69, 9.17) is 10.5 Å². The van der Waals surface area contributed by atoms with Crippen LogP contribution in [-0.2, 0) is 0 Å². The van der Waals surface area contributed by atoms with Crippen molar-refractivity contribution in [1.29, 1.82) is 10.5 Å². The fraction of sp³-hybridized carbons (Fsp3) is 0. The summed E-state index contributed by atoms with van der Waals surface area (Å²) in [5.41, 5.74) is 0. The minimum atomic E-state index is -1.24. The summed E-state index contributed by atoms with van der Waals surface area (Å²) in [6.07, 6.45) is 0. The number of nitriles is 2. The van der Waals surface area contributed by atoms with Gasteiger partial charge in [0.1, 0.15) is 0 Å². The molecule has 0 heterocycles. The Kier molecular flexibility index (Phi) is 3.76. The van der Waals surface area contributed by atoms with Crippen LogP contribution in [0.5, 0.6) is 0 Å². The second-order valence-electron chi connectivity index (χ2n) is 0.312. The summed E-state index contributed by atoms with van der Waals surface area (Å²) in [6, 6.07) is 0. The molecule has 0 aromatic heterocycles. The van der Waals surface area contributed by atoms with Gasteiger partial charge in [-0.25, -0.2) is 0 Å². The van der Waals surface area contributed by atoms with Crippen LogP contribution in [-0.4, -0.2) is 23.2 Å². The Labute approximate surface area is 41.6 Å². The van der Waals surface area contributed by atoms with E-state index in [2.05, 4.69) is 0 Å². The summed E-state index contributed by atoms with van der Waals surface area (Å²) in [5, 5.41) is 15.3. The maximum absolute atomic E-state index is 7.67. The van der Waals surface area contributed by atoms with Gasteiger partial charge in [0, 0.05) is 0 Å². The van der Waals surface area contributed by atoms with E-state index in [0.29, 0.717) is 0 Å². The van der Waals surface area contributed by atoms with Gasteiger partial charge >= 0.3 is 41.3 Å². The number of hydrogen-bond donors (Lipinski definition) is 0. The van der Waals surface area contributed by atoms with Crippen molar-refractivity contribution in [3.63, 3.8) is 0 Å². The van der Waals surface area contributed by atoms with Crippen LogP contribution < -0.4 is 0 Å². The zero-order chi connectivity index (χ0) is 4.12. The molecule has 2 nitrogen and oxygen atoms in total. The Morgan fingerprint density at radius 2 is 1.60 bits per heavy atom. The Hall–Kier alpha value is -0.137. The van der Waals surface area contributed by atoms with Crippen LogP contribution >= 0.6 is 0 Å². The predicted molar refractivity (Wildman–Crippen MR) is 17.0 cm³/mol. The molecule has 0 aliphatic heterocycles. The van der Waals surface area contributed by atoms with E-state index >= 15 is 0 Å². The van der Waals surface area contributed by atoms with Gasteiger partial charge in [-0.05, 0) is 0 Å². The van der Waals surface area contributed by atoms with E-state index in [0.717, 1.165) is 0 Å². The summed E-state index contributed by atoms with van der Waals surface area (Å²) >= 11 is -1.24. The van der Waals surface area contributed by atoms with Gasteiger partial charge < -0.3 is 0 Å². The van der Waals surface area contributed by atoms with Gasteiger partial charge in [0.25, 0.3) is 0 Å². The molecule has 5 heavy (non-hydrogen) atoms. The molecule has 0 atom stereocenters. The molecule has 0 N–H and O–H groups in total. The topological polar surface area (TPSA) is 47.6 Å². The molecule has 0 aromatic rings. The first-order valence-corrected chi connectivity index (χ1v) is 4.37. The Morgan fingerprint density at radius 3 is 1.60 bits per heavy atom. The number of nitrogens with zero attached hydrogens (tertiary/aromatic N) is 2. The van der Waals surface area contributed by atoms with Gasteiger partial charge in [-0.2, -0.15) is 0 Å². The van der Waals surface area contributed by atoms with Crippen LogP contribution in [0.15, 0.2) is 0 Å². The van der Waals surface area contributed by atoms with Gasteiger partial charge in [-0.1, -0.05) is 0 Å².